The Morgan fingerprint density at radius 1 is 1.32 bits per heavy atom. The molecule has 1 atom stereocenters. The van der Waals surface area contributed by atoms with Crippen LogP contribution in [0.25, 0.3) is 0 Å². The van der Waals surface area contributed by atoms with Crippen LogP contribution < -0.4 is 10.6 Å². The van der Waals surface area contributed by atoms with Crippen molar-refractivity contribution in [3.8, 4) is 0 Å². The van der Waals surface area contributed by atoms with E-state index in [4.69, 9.17) is 0 Å². The monoisotopic (exact) mass is 303 g/mol. The summed E-state index contributed by atoms with van der Waals surface area (Å²) in [6.07, 6.45) is 1.19. The highest BCUT2D eigenvalue weighted by Crippen LogP contribution is 2.14. The van der Waals surface area contributed by atoms with Crippen molar-refractivity contribution in [1.82, 2.24) is 15.5 Å². The predicted octanol–water partition coefficient (Wildman–Crippen LogP) is 1.85. The van der Waals surface area contributed by atoms with Crippen molar-refractivity contribution in [3.05, 3.63) is 35.4 Å². The number of carbonyl (C=O) groups excluding carboxylic acids is 2. The van der Waals surface area contributed by atoms with Gasteiger partial charge in [-0.25, -0.2) is 4.79 Å². The molecular formula is C17H25N3O2. The third kappa shape index (κ3) is 4.48. The lowest BCUT2D eigenvalue weighted by Gasteiger charge is -2.21. The first-order valence-corrected chi connectivity index (χ1v) is 7.85. The predicted molar refractivity (Wildman–Crippen MR) is 86.7 cm³/mol. The molecule has 3 amide bonds. The number of rotatable bonds is 5. The van der Waals surface area contributed by atoms with Crippen LogP contribution in [-0.4, -0.2) is 42.0 Å². The number of benzene rings is 1. The highest BCUT2D eigenvalue weighted by molar-refractivity contribution is 5.81. The summed E-state index contributed by atoms with van der Waals surface area (Å²) in [5.41, 5.74) is 2.43. The van der Waals surface area contributed by atoms with E-state index in [1.54, 1.807) is 4.90 Å². The summed E-state index contributed by atoms with van der Waals surface area (Å²) >= 11 is 0. The Morgan fingerprint density at radius 3 is 2.59 bits per heavy atom. The van der Waals surface area contributed by atoms with Gasteiger partial charge in [0.25, 0.3) is 0 Å². The van der Waals surface area contributed by atoms with Crippen molar-refractivity contribution in [2.24, 2.45) is 0 Å². The van der Waals surface area contributed by atoms with Gasteiger partial charge in [-0.15, -0.1) is 0 Å². The summed E-state index contributed by atoms with van der Waals surface area (Å²) in [5, 5.41) is 5.73. The summed E-state index contributed by atoms with van der Waals surface area (Å²) < 4.78 is 0. The minimum absolute atomic E-state index is 0.0886. The molecule has 1 aliphatic heterocycles. The third-order valence-electron chi connectivity index (χ3n) is 3.94. The van der Waals surface area contributed by atoms with Gasteiger partial charge < -0.3 is 15.5 Å². The lowest BCUT2D eigenvalue weighted by molar-refractivity contribution is -0.129. The molecule has 2 N–H and O–H groups in total. The van der Waals surface area contributed by atoms with E-state index in [2.05, 4.69) is 41.8 Å². The van der Waals surface area contributed by atoms with Gasteiger partial charge in [0.05, 0.1) is 6.04 Å². The summed E-state index contributed by atoms with van der Waals surface area (Å²) in [5.74, 6) is 0.111. The number of nitrogens with one attached hydrogen (secondary N) is 2. The van der Waals surface area contributed by atoms with Gasteiger partial charge in [-0.3, -0.25) is 4.79 Å². The van der Waals surface area contributed by atoms with E-state index < -0.39 is 0 Å². The maximum absolute atomic E-state index is 11.9. The van der Waals surface area contributed by atoms with Gasteiger partial charge in [0.2, 0.25) is 5.91 Å². The van der Waals surface area contributed by atoms with Crippen LogP contribution in [0.15, 0.2) is 24.3 Å². The molecule has 0 aromatic heterocycles. The molecule has 22 heavy (non-hydrogen) atoms. The molecule has 1 aromatic rings. The molecule has 0 aliphatic carbocycles. The van der Waals surface area contributed by atoms with E-state index in [0.29, 0.717) is 19.5 Å². The molecular weight excluding hydrogens is 278 g/mol. The molecule has 2 rings (SSSR count). The van der Waals surface area contributed by atoms with Gasteiger partial charge in [-0.1, -0.05) is 29.8 Å². The lowest BCUT2D eigenvalue weighted by atomic mass is 10.1. The van der Waals surface area contributed by atoms with Gasteiger partial charge in [-0.05, 0) is 32.8 Å². The molecule has 1 fully saturated rings. The molecule has 0 saturated carbocycles. The average Bonchev–Trinajstić information content (AvgIpc) is 2.82. The topological polar surface area (TPSA) is 61.4 Å². The molecule has 0 spiro atoms. The van der Waals surface area contributed by atoms with Crippen LogP contribution in [0.4, 0.5) is 4.79 Å². The maximum atomic E-state index is 11.9. The minimum atomic E-state index is -0.199. The average molecular weight is 303 g/mol. The second kappa shape index (κ2) is 7.29. The molecule has 5 heteroatoms. The van der Waals surface area contributed by atoms with Crippen molar-refractivity contribution in [3.63, 3.8) is 0 Å². The van der Waals surface area contributed by atoms with Gasteiger partial charge in [0.1, 0.15) is 0 Å². The van der Waals surface area contributed by atoms with Crippen LogP contribution in [0.1, 0.15) is 31.4 Å². The number of aryl methyl sites for hydroxylation is 1. The first kappa shape index (κ1) is 16.3. The molecule has 5 nitrogen and oxygen atoms in total. The Hall–Kier alpha value is -2.04. The first-order chi connectivity index (χ1) is 10.5. The smallest absolute Gasteiger partial charge is 0.315 e. The Kier molecular flexibility index (Phi) is 5.41. The summed E-state index contributed by atoms with van der Waals surface area (Å²) in [4.78, 5) is 25.5. The highest BCUT2D eigenvalue weighted by atomic mass is 16.2. The number of amides is 3. The van der Waals surface area contributed by atoms with Crippen molar-refractivity contribution >= 4 is 11.9 Å². The van der Waals surface area contributed by atoms with Gasteiger partial charge >= 0.3 is 6.03 Å². The van der Waals surface area contributed by atoms with Crippen molar-refractivity contribution in [2.45, 2.75) is 45.7 Å². The molecule has 1 unspecified atom stereocenters. The highest BCUT2D eigenvalue weighted by Gasteiger charge is 2.31. The fourth-order valence-corrected chi connectivity index (χ4v) is 2.64. The molecule has 1 saturated heterocycles. The van der Waals surface area contributed by atoms with Gasteiger partial charge in [0, 0.05) is 25.6 Å². The quantitative estimate of drug-likeness (QED) is 0.872. The zero-order valence-corrected chi connectivity index (χ0v) is 13.6. The number of likely N-dealkylation sites (tertiary alicyclic amines) is 1. The zero-order chi connectivity index (χ0) is 16.1. The van der Waals surface area contributed by atoms with Crippen LogP contribution in [0.5, 0.6) is 0 Å². The Labute approximate surface area is 132 Å². The SMILES string of the molecule is Cc1ccc(CCNC(=O)NC2CC(=O)N(C(C)C)C2)cc1. The van der Waals surface area contributed by atoms with E-state index in [1.807, 2.05) is 13.8 Å². The Morgan fingerprint density at radius 2 is 2.00 bits per heavy atom. The normalized spacial score (nSPS) is 17.9. The minimum Gasteiger partial charge on any atom is -0.338 e. The van der Waals surface area contributed by atoms with E-state index in [1.165, 1.54) is 11.1 Å². The van der Waals surface area contributed by atoms with Crippen LogP contribution >= 0.6 is 0 Å². The summed E-state index contributed by atoms with van der Waals surface area (Å²) in [7, 11) is 0. The fraction of sp³-hybridized carbons (Fsp3) is 0.529. The second-order valence-electron chi connectivity index (χ2n) is 6.18. The third-order valence-corrected chi connectivity index (χ3v) is 3.94. The fourth-order valence-electron chi connectivity index (χ4n) is 2.64. The van der Waals surface area contributed by atoms with E-state index in [0.717, 1.165) is 6.42 Å². The number of carbonyl (C=O) groups is 2. The van der Waals surface area contributed by atoms with Crippen LogP contribution in [0.2, 0.25) is 0 Å². The molecule has 1 aromatic carbocycles. The number of urea groups is 1. The molecule has 120 valence electrons. The molecule has 1 aliphatic rings. The van der Waals surface area contributed by atoms with Crippen molar-refractivity contribution in [2.75, 3.05) is 13.1 Å². The second-order valence-corrected chi connectivity index (χ2v) is 6.18. The zero-order valence-electron chi connectivity index (χ0n) is 13.6. The Balaban J connectivity index is 1.70. The maximum Gasteiger partial charge on any atom is 0.315 e. The molecule has 1 heterocycles. The van der Waals surface area contributed by atoms with Crippen molar-refractivity contribution in [1.29, 1.82) is 0 Å². The number of nitrogens with zero attached hydrogens (tertiary/aromatic N) is 1. The van der Waals surface area contributed by atoms with Crippen LogP contribution in [-0.2, 0) is 11.2 Å². The largest absolute Gasteiger partial charge is 0.338 e. The number of hydrogen-bond acceptors (Lipinski definition) is 2. The standard InChI is InChI=1S/C17H25N3O2/c1-12(2)20-11-15(10-16(20)21)19-17(22)18-9-8-14-6-4-13(3)5-7-14/h4-7,12,15H,8-11H2,1-3H3,(H2,18,19,22). The van der Waals surface area contributed by atoms with E-state index in [9.17, 15) is 9.59 Å². The van der Waals surface area contributed by atoms with Gasteiger partial charge in [-0.2, -0.15) is 0 Å². The molecule has 0 bridgehead atoms. The summed E-state index contributed by atoms with van der Waals surface area (Å²) in [6, 6.07) is 8.18. The molecule has 0 radical (unpaired) electrons. The Bertz CT molecular complexity index is 525. The van der Waals surface area contributed by atoms with Gasteiger partial charge in [0.15, 0.2) is 0 Å². The van der Waals surface area contributed by atoms with Crippen LogP contribution in [0, 0.1) is 6.92 Å². The van der Waals surface area contributed by atoms with E-state index >= 15 is 0 Å². The van der Waals surface area contributed by atoms with Crippen molar-refractivity contribution < 1.29 is 9.59 Å². The lowest BCUT2D eigenvalue weighted by Crippen LogP contribution is -2.44. The summed E-state index contributed by atoms with van der Waals surface area (Å²) in [6.45, 7) is 7.22. The van der Waals surface area contributed by atoms with E-state index in [-0.39, 0.29) is 24.0 Å². The van der Waals surface area contributed by atoms with Crippen LogP contribution in [0.3, 0.4) is 0 Å². The number of hydrogen-bond donors (Lipinski definition) is 2. The first-order valence-electron chi connectivity index (χ1n) is 7.85.